The summed E-state index contributed by atoms with van der Waals surface area (Å²) < 4.78 is 40.6. The summed E-state index contributed by atoms with van der Waals surface area (Å²) in [6.45, 7) is 5.48. The standard InChI is InChI=1S/C22H24ClN5O4S/c1-13-6-8-16(9-7-13)33(29,30)28-22(27-21-24-14(2)10-15(3)25-21)26-18-12-19(31-4)17(23)11-20(18)32-5/h6-12H,1-5H3,(H2,24,25,26,27,28). The number of methoxy groups -OCH3 is 2. The number of aromatic nitrogens is 2. The molecule has 0 saturated carbocycles. The zero-order valence-electron chi connectivity index (χ0n) is 18.8. The number of anilines is 2. The summed E-state index contributed by atoms with van der Waals surface area (Å²) in [7, 11) is -1.14. The van der Waals surface area contributed by atoms with Crippen molar-refractivity contribution < 1.29 is 17.9 Å². The number of hydrogen-bond acceptors (Lipinski definition) is 6. The fraction of sp³-hybridized carbons (Fsp3) is 0.227. The van der Waals surface area contributed by atoms with E-state index in [1.807, 2.05) is 6.92 Å². The van der Waals surface area contributed by atoms with Gasteiger partial charge in [0.2, 0.25) is 11.9 Å². The van der Waals surface area contributed by atoms with Gasteiger partial charge in [-0.2, -0.15) is 8.42 Å². The number of aryl methyl sites for hydroxylation is 3. The van der Waals surface area contributed by atoms with Crippen LogP contribution >= 0.6 is 11.6 Å². The fourth-order valence-corrected chi connectivity index (χ4v) is 4.08. The Morgan fingerprint density at radius 3 is 2.09 bits per heavy atom. The smallest absolute Gasteiger partial charge is 0.285 e. The average Bonchev–Trinajstić information content (AvgIpc) is 2.73. The van der Waals surface area contributed by atoms with Crippen LogP contribution < -0.4 is 20.1 Å². The number of guanidine groups is 1. The molecule has 0 bridgehead atoms. The first kappa shape index (κ1) is 24.3. The maximum atomic E-state index is 13.0. The van der Waals surface area contributed by atoms with E-state index in [-0.39, 0.29) is 16.8 Å². The molecule has 0 atom stereocenters. The van der Waals surface area contributed by atoms with Gasteiger partial charge in [-0.25, -0.2) is 9.97 Å². The van der Waals surface area contributed by atoms with Gasteiger partial charge >= 0.3 is 0 Å². The molecule has 0 aliphatic rings. The molecule has 1 heterocycles. The molecule has 0 unspecified atom stereocenters. The topological polar surface area (TPSA) is 115 Å². The number of nitrogens with zero attached hydrogens (tertiary/aromatic N) is 3. The van der Waals surface area contributed by atoms with Crippen molar-refractivity contribution in [2.45, 2.75) is 25.7 Å². The van der Waals surface area contributed by atoms with E-state index in [0.29, 0.717) is 33.6 Å². The molecular weight excluding hydrogens is 466 g/mol. The van der Waals surface area contributed by atoms with E-state index >= 15 is 0 Å². The highest BCUT2D eigenvalue weighted by Gasteiger charge is 2.18. The molecule has 1 aromatic heterocycles. The van der Waals surface area contributed by atoms with Crippen LogP contribution in [0.15, 0.2) is 51.8 Å². The molecule has 11 heteroatoms. The molecule has 33 heavy (non-hydrogen) atoms. The zero-order chi connectivity index (χ0) is 24.2. The average molecular weight is 490 g/mol. The quantitative estimate of drug-likeness (QED) is 0.388. The van der Waals surface area contributed by atoms with E-state index in [0.717, 1.165) is 5.56 Å². The van der Waals surface area contributed by atoms with Gasteiger partial charge in [0, 0.05) is 23.5 Å². The molecule has 0 radical (unpaired) electrons. The van der Waals surface area contributed by atoms with Gasteiger partial charge in [-0.3, -0.25) is 5.32 Å². The minimum absolute atomic E-state index is 0.0381. The van der Waals surface area contributed by atoms with Crippen LogP contribution in [0.1, 0.15) is 17.0 Å². The summed E-state index contributed by atoms with van der Waals surface area (Å²) in [6, 6.07) is 11.3. The van der Waals surface area contributed by atoms with Crippen LogP contribution in [0.4, 0.5) is 11.6 Å². The lowest BCUT2D eigenvalue weighted by Gasteiger charge is -2.16. The molecule has 0 saturated heterocycles. The number of hydrogen-bond donors (Lipinski definition) is 2. The van der Waals surface area contributed by atoms with Crippen LogP contribution in [0.3, 0.4) is 0 Å². The molecule has 9 nitrogen and oxygen atoms in total. The maximum absolute atomic E-state index is 13.0. The highest BCUT2D eigenvalue weighted by molar-refractivity contribution is 7.90. The van der Waals surface area contributed by atoms with Gasteiger partial charge in [-0.05, 0) is 39.0 Å². The lowest BCUT2D eigenvalue weighted by Crippen LogP contribution is -2.25. The number of ether oxygens (including phenoxy) is 2. The van der Waals surface area contributed by atoms with Gasteiger partial charge in [-0.15, -0.1) is 4.40 Å². The van der Waals surface area contributed by atoms with E-state index < -0.39 is 10.0 Å². The largest absolute Gasteiger partial charge is 0.495 e. The lowest BCUT2D eigenvalue weighted by atomic mass is 10.2. The lowest BCUT2D eigenvalue weighted by molar-refractivity contribution is 0.405. The fourth-order valence-electron chi connectivity index (χ4n) is 2.93. The third-order valence-corrected chi connectivity index (χ3v) is 6.06. The van der Waals surface area contributed by atoms with Crippen molar-refractivity contribution in [3.63, 3.8) is 0 Å². The molecule has 0 amide bonds. The number of sulfonamides is 1. The van der Waals surface area contributed by atoms with E-state index in [4.69, 9.17) is 21.1 Å². The summed E-state index contributed by atoms with van der Waals surface area (Å²) in [4.78, 5) is 8.65. The van der Waals surface area contributed by atoms with E-state index in [9.17, 15) is 8.42 Å². The van der Waals surface area contributed by atoms with E-state index in [1.165, 1.54) is 26.4 Å². The molecule has 174 valence electrons. The van der Waals surface area contributed by atoms with Crippen LogP contribution in [0.25, 0.3) is 0 Å². The normalized spacial score (nSPS) is 11.8. The molecule has 0 aliphatic carbocycles. The van der Waals surface area contributed by atoms with Crippen molar-refractivity contribution in [2.75, 3.05) is 24.9 Å². The van der Waals surface area contributed by atoms with Gasteiger partial charge in [-0.1, -0.05) is 29.3 Å². The summed E-state index contributed by atoms with van der Waals surface area (Å²) in [5, 5.41) is 6.13. The van der Waals surface area contributed by atoms with Crippen molar-refractivity contribution in [1.29, 1.82) is 0 Å². The van der Waals surface area contributed by atoms with E-state index in [1.54, 1.807) is 44.2 Å². The van der Waals surface area contributed by atoms with Crippen molar-refractivity contribution >= 4 is 39.2 Å². The second-order valence-electron chi connectivity index (χ2n) is 7.14. The summed E-state index contributed by atoms with van der Waals surface area (Å²) in [6.07, 6.45) is 0. The third-order valence-electron chi connectivity index (χ3n) is 4.47. The number of halogens is 1. The Hall–Kier alpha value is -3.37. The Morgan fingerprint density at radius 2 is 1.52 bits per heavy atom. The highest BCUT2D eigenvalue weighted by atomic mass is 35.5. The maximum Gasteiger partial charge on any atom is 0.285 e. The van der Waals surface area contributed by atoms with Gasteiger partial charge in [0.1, 0.15) is 11.5 Å². The Balaban J connectivity index is 2.09. The number of rotatable bonds is 6. The van der Waals surface area contributed by atoms with Crippen molar-refractivity contribution in [1.82, 2.24) is 9.97 Å². The van der Waals surface area contributed by atoms with Crippen molar-refractivity contribution in [3.8, 4) is 11.5 Å². The molecule has 0 aliphatic heterocycles. The molecule has 3 rings (SSSR count). The SMILES string of the molecule is COc1cc(NC(=NS(=O)(=O)c2ccc(C)cc2)Nc2nc(C)cc(C)n2)c(OC)cc1Cl. The second kappa shape index (κ2) is 10.1. The van der Waals surface area contributed by atoms with Crippen molar-refractivity contribution in [3.05, 3.63) is 64.4 Å². The number of benzene rings is 2. The van der Waals surface area contributed by atoms with Crippen LogP contribution in [0, 0.1) is 20.8 Å². The zero-order valence-corrected chi connectivity index (χ0v) is 20.4. The van der Waals surface area contributed by atoms with Crippen LogP contribution in [0.2, 0.25) is 5.02 Å². The van der Waals surface area contributed by atoms with Crippen molar-refractivity contribution in [2.24, 2.45) is 4.40 Å². The number of nitrogens with one attached hydrogen (secondary N) is 2. The second-order valence-corrected chi connectivity index (χ2v) is 9.15. The van der Waals surface area contributed by atoms with Crippen LogP contribution in [-0.4, -0.2) is 38.6 Å². The first-order valence-electron chi connectivity index (χ1n) is 9.81. The predicted octanol–water partition coefficient (Wildman–Crippen LogP) is 4.34. The van der Waals surface area contributed by atoms with Gasteiger partial charge in [0.25, 0.3) is 10.0 Å². The van der Waals surface area contributed by atoms with Gasteiger partial charge in [0.15, 0.2) is 0 Å². The Morgan fingerprint density at radius 1 is 0.909 bits per heavy atom. The van der Waals surface area contributed by atoms with Gasteiger partial charge < -0.3 is 14.8 Å². The van der Waals surface area contributed by atoms with Gasteiger partial charge in [0.05, 0.1) is 29.8 Å². The van der Waals surface area contributed by atoms with Crippen LogP contribution in [0.5, 0.6) is 11.5 Å². The van der Waals surface area contributed by atoms with Crippen LogP contribution in [-0.2, 0) is 10.0 Å². The minimum atomic E-state index is -4.07. The molecular formula is C22H24ClN5O4S. The molecule has 0 spiro atoms. The Labute approximate surface area is 197 Å². The Kier molecular flexibility index (Phi) is 7.39. The molecule has 0 fully saturated rings. The first-order valence-corrected chi connectivity index (χ1v) is 11.6. The highest BCUT2D eigenvalue weighted by Crippen LogP contribution is 2.36. The molecule has 2 aromatic carbocycles. The predicted molar refractivity (Wildman–Crippen MR) is 129 cm³/mol. The Bertz CT molecular complexity index is 1270. The minimum Gasteiger partial charge on any atom is -0.495 e. The monoisotopic (exact) mass is 489 g/mol. The summed E-state index contributed by atoms with van der Waals surface area (Å²) >= 11 is 6.19. The molecule has 2 N–H and O–H groups in total. The first-order chi connectivity index (χ1) is 15.6. The molecule has 3 aromatic rings. The van der Waals surface area contributed by atoms with E-state index in [2.05, 4.69) is 25.0 Å². The third kappa shape index (κ3) is 6.11. The summed E-state index contributed by atoms with van der Waals surface area (Å²) in [5.41, 5.74) is 2.71. The summed E-state index contributed by atoms with van der Waals surface area (Å²) in [5.74, 6) is 0.758.